The summed E-state index contributed by atoms with van der Waals surface area (Å²) in [6.45, 7) is 4.72. The summed E-state index contributed by atoms with van der Waals surface area (Å²) >= 11 is 2.13. The van der Waals surface area contributed by atoms with Crippen LogP contribution in [0.1, 0.15) is 33.1 Å². The van der Waals surface area contributed by atoms with Crippen LogP contribution in [0, 0.1) is 11.8 Å². The van der Waals surface area contributed by atoms with Crippen molar-refractivity contribution < 1.29 is 0 Å². The first-order chi connectivity index (χ1) is 4.84. The van der Waals surface area contributed by atoms with Gasteiger partial charge < -0.3 is 0 Å². The van der Waals surface area contributed by atoms with E-state index in [1.165, 1.54) is 30.8 Å². The fourth-order valence-electron chi connectivity index (χ4n) is 1.62. The first-order valence-corrected chi connectivity index (χ1v) is 5.57. The smallest absolute Gasteiger partial charge is 0.00648 e. The zero-order valence-electron chi connectivity index (χ0n) is 7.10. The van der Waals surface area contributed by atoms with Crippen molar-refractivity contribution in [2.45, 2.75) is 33.1 Å². The van der Waals surface area contributed by atoms with Gasteiger partial charge in [-0.2, -0.15) is 11.8 Å². The molecule has 0 spiro atoms. The van der Waals surface area contributed by atoms with E-state index >= 15 is 0 Å². The molecule has 1 heterocycles. The largest absolute Gasteiger partial charge is 0.162 e. The molecule has 1 atom stereocenters. The minimum Gasteiger partial charge on any atom is -0.162 e. The van der Waals surface area contributed by atoms with Gasteiger partial charge in [0.05, 0.1) is 0 Å². The molecule has 0 nitrogen and oxygen atoms in total. The van der Waals surface area contributed by atoms with Gasteiger partial charge in [0.2, 0.25) is 0 Å². The molecule has 0 radical (unpaired) electrons. The molecule has 0 saturated carbocycles. The second kappa shape index (κ2) is 4.27. The lowest BCUT2D eigenvalue weighted by Crippen LogP contribution is -2.16. The lowest BCUT2D eigenvalue weighted by Gasteiger charge is -2.26. The van der Waals surface area contributed by atoms with E-state index < -0.39 is 0 Å². The predicted molar refractivity (Wildman–Crippen MR) is 49.5 cm³/mol. The van der Waals surface area contributed by atoms with Gasteiger partial charge in [-0.05, 0) is 36.2 Å². The summed E-state index contributed by atoms with van der Waals surface area (Å²) in [5.41, 5.74) is 0. The highest BCUT2D eigenvalue weighted by atomic mass is 32.2. The maximum Gasteiger partial charge on any atom is -0.00648 e. The molecule has 0 N–H and O–H groups in total. The summed E-state index contributed by atoms with van der Waals surface area (Å²) in [6, 6.07) is 0. The standard InChI is InChI=1S/C9H18S/c1-3-8(2)9-4-6-10-7-5-9/h8-9H,3-7H2,1-2H3. The Hall–Kier alpha value is 0.350. The van der Waals surface area contributed by atoms with E-state index in [0.717, 1.165) is 11.8 Å². The molecule has 1 aliphatic rings. The van der Waals surface area contributed by atoms with Crippen molar-refractivity contribution in [2.75, 3.05) is 11.5 Å². The SMILES string of the molecule is CCC(C)C1CCSCC1. The Balaban J connectivity index is 2.24. The van der Waals surface area contributed by atoms with E-state index in [1.54, 1.807) is 0 Å². The van der Waals surface area contributed by atoms with Crippen LogP contribution in [-0.4, -0.2) is 11.5 Å². The fraction of sp³-hybridized carbons (Fsp3) is 1.00. The van der Waals surface area contributed by atoms with Gasteiger partial charge in [0.25, 0.3) is 0 Å². The minimum atomic E-state index is 0.973. The molecule has 0 bridgehead atoms. The van der Waals surface area contributed by atoms with Crippen molar-refractivity contribution in [3.8, 4) is 0 Å². The van der Waals surface area contributed by atoms with E-state index in [0.29, 0.717) is 0 Å². The summed E-state index contributed by atoms with van der Waals surface area (Å²) in [5.74, 6) is 4.84. The van der Waals surface area contributed by atoms with Gasteiger partial charge in [-0.3, -0.25) is 0 Å². The molecule has 0 aromatic carbocycles. The van der Waals surface area contributed by atoms with Gasteiger partial charge in [0.15, 0.2) is 0 Å². The van der Waals surface area contributed by atoms with Crippen LogP contribution in [0.2, 0.25) is 0 Å². The second-order valence-electron chi connectivity index (χ2n) is 3.34. The molecule has 0 aliphatic carbocycles. The maximum absolute atomic E-state index is 2.40. The zero-order chi connectivity index (χ0) is 7.40. The molecule has 0 amide bonds. The summed E-state index contributed by atoms with van der Waals surface area (Å²) < 4.78 is 0. The third kappa shape index (κ3) is 2.19. The third-order valence-corrected chi connectivity index (χ3v) is 3.76. The summed E-state index contributed by atoms with van der Waals surface area (Å²) in [7, 11) is 0. The van der Waals surface area contributed by atoms with Crippen LogP contribution in [0.5, 0.6) is 0 Å². The van der Waals surface area contributed by atoms with Gasteiger partial charge >= 0.3 is 0 Å². The molecule has 10 heavy (non-hydrogen) atoms. The normalized spacial score (nSPS) is 24.6. The number of hydrogen-bond donors (Lipinski definition) is 0. The molecule has 1 saturated heterocycles. The molecule has 0 aromatic heterocycles. The van der Waals surface area contributed by atoms with E-state index in [9.17, 15) is 0 Å². The fourth-order valence-corrected chi connectivity index (χ4v) is 2.76. The molecular formula is C9H18S. The Morgan fingerprint density at radius 2 is 2.00 bits per heavy atom. The molecule has 1 unspecified atom stereocenters. The molecule has 1 heteroatoms. The summed E-state index contributed by atoms with van der Waals surface area (Å²) in [4.78, 5) is 0. The first kappa shape index (κ1) is 8.45. The molecule has 0 aromatic rings. The van der Waals surface area contributed by atoms with Crippen LogP contribution in [-0.2, 0) is 0 Å². The Kier molecular flexibility index (Phi) is 3.61. The Labute approximate surface area is 68.8 Å². The number of thioether (sulfide) groups is 1. The van der Waals surface area contributed by atoms with Gasteiger partial charge in [0, 0.05) is 0 Å². The highest BCUT2D eigenvalue weighted by Crippen LogP contribution is 2.29. The number of hydrogen-bond acceptors (Lipinski definition) is 1. The maximum atomic E-state index is 2.40. The third-order valence-electron chi connectivity index (χ3n) is 2.71. The zero-order valence-corrected chi connectivity index (χ0v) is 7.91. The number of rotatable bonds is 2. The average molecular weight is 158 g/mol. The van der Waals surface area contributed by atoms with E-state index in [2.05, 4.69) is 25.6 Å². The van der Waals surface area contributed by atoms with Gasteiger partial charge in [-0.15, -0.1) is 0 Å². The van der Waals surface area contributed by atoms with E-state index in [4.69, 9.17) is 0 Å². The van der Waals surface area contributed by atoms with Crippen LogP contribution in [0.3, 0.4) is 0 Å². The van der Waals surface area contributed by atoms with Gasteiger partial charge in [0.1, 0.15) is 0 Å². The lowest BCUT2D eigenvalue weighted by molar-refractivity contribution is 0.327. The highest BCUT2D eigenvalue weighted by molar-refractivity contribution is 7.99. The van der Waals surface area contributed by atoms with Crippen molar-refractivity contribution in [3.05, 3.63) is 0 Å². The van der Waals surface area contributed by atoms with Gasteiger partial charge in [-0.25, -0.2) is 0 Å². The molecule has 1 aliphatic heterocycles. The van der Waals surface area contributed by atoms with E-state index in [1.807, 2.05) is 0 Å². The second-order valence-corrected chi connectivity index (χ2v) is 4.56. The molecule has 1 rings (SSSR count). The van der Waals surface area contributed by atoms with Crippen LogP contribution in [0.25, 0.3) is 0 Å². The lowest BCUT2D eigenvalue weighted by atomic mass is 9.87. The Morgan fingerprint density at radius 1 is 1.40 bits per heavy atom. The van der Waals surface area contributed by atoms with Crippen molar-refractivity contribution in [3.63, 3.8) is 0 Å². The summed E-state index contributed by atoms with van der Waals surface area (Å²) in [6.07, 6.45) is 4.31. The van der Waals surface area contributed by atoms with Crippen molar-refractivity contribution in [2.24, 2.45) is 11.8 Å². The van der Waals surface area contributed by atoms with Crippen LogP contribution in [0.4, 0.5) is 0 Å². The first-order valence-electron chi connectivity index (χ1n) is 4.42. The summed E-state index contributed by atoms with van der Waals surface area (Å²) in [5, 5.41) is 0. The average Bonchev–Trinajstić information content (AvgIpc) is 2.05. The van der Waals surface area contributed by atoms with E-state index in [-0.39, 0.29) is 0 Å². The quantitative estimate of drug-likeness (QED) is 0.595. The van der Waals surface area contributed by atoms with Crippen LogP contribution < -0.4 is 0 Å². The topological polar surface area (TPSA) is 0 Å². The van der Waals surface area contributed by atoms with Crippen LogP contribution in [0.15, 0.2) is 0 Å². The Morgan fingerprint density at radius 3 is 2.50 bits per heavy atom. The van der Waals surface area contributed by atoms with Crippen molar-refractivity contribution in [1.29, 1.82) is 0 Å². The van der Waals surface area contributed by atoms with Gasteiger partial charge in [-0.1, -0.05) is 20.3 Å². The molecular weight excluding hydrogens is 140 g/mol. The van der Waals surface area contributed by atoms with Crippen molar-refractivity contribution >= 4 is 11.8 Å². The Bertz CT molecular complexity index is 84.7. The highest BCUT2D eigenvalue weighted by Gasteiger charge is 2.18. The molecule has 60 valence electrons. The molecule has 1 fully saturated rings. The minimum absolute atomic E-state index is 0.973. The van der Waals surface area contributed by atoms with Crippen molar-refractivity contribution in [1.82, 2.24) is 0 Å². The predicted octanol–water partition coefficient (Wildman–Crippen LogP) is 3.18. The van der Waals surface area contributed by atoms with Crippen LogP contribution >= 0.6 is 11.8 Å². The monoisotopic (exact) mass is 158 g/mol.